The molecule has 110 valence electrons. The lowest BCUT2D eigenvalue weighted by Gasteiger charge is -2.11. The normalized spacial score (nSPS) is 18.7. The highest BCUT2D eigenvalue weighted by molar-refractivity contribution is 6.16. The molecule has 0 fully saturated rings. The Balaban J connectivity index is 2.02. The summed E-state index contributed by atoms with van der Waals surface area (Å²) in [5.41, 5.74) is 3.19. The van der Waals surface area contributed by atoms with Gasteiger partial charge in [-0.1, -0.05) is 65.8 Å². The van der Waals surface area contributed by atoms with E-state index in [4.69, 9.17) is 9.57 Å². The quantitative estimate of drug-likeness (QED) is 0.644. The van der Waals surface area contributed by atoms with Gasteiger partial charge in [0.15, 0.2) is 6.10 Å². The molecule has 1 unspecified atom stereocenters. The van der Waals surface area contributed by atoms with E-state index in [0.29, 0.717) is 11.3 Å². The Hall–Kier alpha value is -2.88. The number of rotatable bonds is 3. The molecule has 0 spiro atoms. The molecule has 1 heterocycles. The molecule has 22 heavy (non-hydrogen) atoms. The van der Waals surface area contributed by atoms with Crippen LogP contribution < -0.4 is 0 Å². The van der Waals surface area contributed by atoms with Crippen molar-refractivity contribution >= 4 is 11.7 Å². The average Bonchev–Trinajstić information content (AvgIpc) is 3.00. The van der Waals surface area contributed by atoms with Gasteiger partial charge in [0.25, 0.3) is 0 Å². The van der Waals surface area contributed by atoms with Crippen molar-refractivity contribution in [3.8, 4) is 0 Å². The Kier molecular flexibility index (Phi) is 4.01. The lowest BCUT2D eigenvalue weighted by molar-refractivity contribution is -0.134. The van der Waals surface area contributed by atoms with E-state index in [1.54, 1.807) is 0 Å². The lowest BCUT2D eigenvalue weighted by atomic mass is 9.94. The minimum absolute atomic E-state index is 0.407. The van der Waals surface area contributed by atoms with E-state index in [9.17, 15) is 4.79 Å². The van der Waals surface area contributed by atoms with Crippen molar-refractivity contribution in [1.82, 2.24) is 0 Å². The van der Waals surface area contributed by atoms with E-state index in [-0.39, 0.29) is 0 Å². The van der Waals surface area contributed by atoms with Gasteiger partial charge in [-0.25, -0.2) is 4.79 Å². The first-order chi connectivity index (χ1) is 10.8. The van der Waals surface area contributed by atoms with Crippen molar-refractivity contribution in [2.75, 3.05) is 7.11 Å². The fourth-order valence-electron chi connectivity index (χ4n) is 2.35. The zero-order chi connectivity index (χ0) is 15.4. The van der Waals surface area contributed by atoms with Gasteiger partial charge in [0.2, 0.25) is 0 Å². The van der Waals surface area contributed by atoms with Crippen molar-refractivity contribution < 1.29 is 14.4 Å². The molecule has 1 atom stereocenters. The van der Waals surface area contributed by atoms with Gasteiger partial charge in [-0.2, -0.15) is 0 Å². The van der Waals surface area contributed by atoms with E-state index < -0.39 is 12.1 Å². The maximum atomic E-state index is 11.7. The Morgan fingerprint density at radius 3 is 2.36 bits per heavy atom. The van der Waals surface area contributed by atoms with Crippen LogP contribution in [0.1, 0.15) is 17.2 Å². The summed E-state index contributed by atoms with van der Waals surface area (Å²) < 4.78 is 4.75. The minimum Gasteiger partial charge on any atom is -0.466 e. The molecule has 0 bridgehead atoms. The molecule has 0 saturated carbocycles. The first-order valence-corrected chi connectivity index (χ1v) is 6.93. The highest BCUT2D eigenvalue weighted by atomic mass is 16.6. The fourth-order valence-corrected chi connectivity index (χ4v) is 2.35. The molecule has 2 aromatic carbocycles. The van der Waals surface area contributed by atoms with Crippen LogP contribution in [0.4, 0.5) is 0 Å². The summed E-state index contributed by atoms with van der Waals surface area (Å²) in [6.45, 7) is 0. The molecule has 0 radical (unpaired) electrons. The molecular weight excluding hydrogens is 278 g/mol. The van der Waals surface area contributed by atoms with E-state index in [1.165, 1.54) is 13.2 Å². The van der Waals surface area contributed by atoms with Gasteiger partial charge < -0.3 is 9.57 Å². The molecule has 2 aromatic rings. The second kappa shape index (κ2) is 6.26. The largest absolute Gasteiger partial charge is 0.466 e. The predicted molar refractivity (Wildman–Crippen MR) is 83.3 cm³/mol. The number of carbonyl (C=O) groups is 1. The Labute approximate surface area is 128 Å². The van der Waals surface area contributed by atoms with Crippen LogP contribution in [0.5, 0.6) is 0 Å². The molecule has 4 nitrogen and oxygen atoms in total. The lowest BCUT2D eigenvalue weighted by Crippen LogP contribution is -2.10. The number of esters is 1. The number of benzene rings is 2. The van der Waals surface area contributed by atoms with Crippen molar-refractivity contribution in [3.63, 3.8) is 0 Å². The molecule has 1 aliphatic rings. The number of hydrogen-bond acceptors (Lipinski definition) is 4. The Morgan fingerprint density at radius 2 is 1.73 bits per heavy atom. The van der Waals surface area contributed by atoms with Crippen LogP contribution in [0.15, 0.2) is 77.5 Å². The van der Waals surface area contributed by atoms with Crippen LogP contribution in [0.3, 0.4) is 0 Å². The third kappa shape index (κ3) is 2.76. The molecule has 0 amide bonds. The van der Waals surface area contributed by atoms with Crippen LogP contribution in [0.2, 0.25) is 0 Å². The molecule has 0 aliphatic carbocycles. The maximum Gasteiger partial charge on any atom is 0.330 e. The van der Waals surface area contributed by atoms with Crippen molar-refractivity contribution in [2.24, 2.45) is 5.16 Å². The van der Waals surface area contributed by atoms with Gasteiger partial charge >= 0.3 is 5.97 Å². The van der Waals surface area contributed by atoms with Crippen molar-refractivity contribution in [3.05, 3.63) is 83.4 Å². The Bertz CT molecular complexity index is 721. The van der Waals surface area contributed by atoms with Crippen molar-refractivity contribution in [2.45, 2.75) is 6.10 Å². The van der Waals surface area contributed by atoms with Crippen LogP contribution in [0.25, 0.3) is 0 Å². The fraction of sp³-hybridized carbons (Fsp3) is 0.111. The van der Waals surface area contributed by atoms with E-state index >= 15 is 0 Å². The van der Waals surface area contributed by atoms with Crippen LogP contribution >= 0.6 is 0 Å². The summed E-state index contributed by atoms with van der Waals surface area (Å²) in [5.74, 6) is -0.426. The van der Waals surface area contributed by atoms with Gasteiger partial charge in [0, 0.05) is 17.2 Å². The summed E-state index contributed by atoms with van der Waals surface area (Å²) >= 11 is 0. The smallest absolute Gasteiger partial charge is 0.330 e. The number of carbonyl (C=O) groups excluding carboxylic acids is 1. The zero-order valence-electron chi connectivity index (χ0n) is 12.1. The predicted octanol–water partition coefficient (Wildman–Crippen LogP) is 3.26. The first-order valence-electron chi connectivity index (χ1n) is 6.93. The average molecular weight is 293 g/mol. The zero-order valence-corrected chi connectivity index (χ0v) is 12.1. The summed E-state index contributed by atoms with van der Waals surface area (Å²) in [4.78, 5) is 17.3. The summed E-state index contributed by atoms with van der Waals surface area (Å²) in [5, 5.41) is 4.17. The molecular formula is C18H15NO3. The van der Waals surface area contributed by atoms with Crippen LogP contribution in [-0.2, 0) is 14.4 Å². The summed E-state index contributed by atoms with van der Waals surface area (Å²) in [6.07, 6.45) is 1.03. The second-order valence-electron chi connectivity index (χ2n) is 4.82. The topological polar surface area (TPSA) is 47.9 Å². The SMILES string of the molecule is COC(=O)/C=C1/C(c2ccccc2)=NOC1c1ccccc1. The molecule has 0 N–H and O–H groups in total. The number of ether oxygens (including phenoxy) is 1. The van der Waals surface area contributed by atoms with E-state index in [0.717, 1.165) is 11.1 Å². The maximum absolute atomic E-state index is 11.7. The number of oxime groups is 1. The highest BCUT2D eigenvalue weighted by Crippen LogP contribution is 2.34. The van der Waals surface area contributed by atoms with Gasteiger partial charge in [-0.3, -0.25) is 0 Å². The monoisotopic (exact) mass is 293 g/mol. The summed E-state index contributed by atoms with van der Waals surface area (Å²) in [7, 11) is 1.35. The van der Waals surface area contributed by atoms with Gasteiger partial charge in [0.05, 0.1) is 7.11 Å². The summed E-state index contributed by atoms with van der Waals surface area (Å²) in [6, 6.07) is 19.3. The van der Waals surface area contributed by atoms with Crippen molar-refractivity contribution in [1.29, 1.82) is 0 Å². The van der Waals surface area contributed by atoms with Gasteiger partial charge in [-0.05, 0) is 5.56 Å². The van der Waals surface area contributed by atoms with Crippen LogP contribution in [-0.4, -0.2) is 18.8 Å². The number of nitrogens with zero attached hydrogens (tertiary/aromatic N) is 1. The Morgan fingerprint density at radius 1 is 1.09 bits per heavy atom. The van der Waals surface area contributed by atoms with Gasteiger partial charge in [0.1, 0.15) is 5.71 Å². The molecule has 0 aromatic heterocycles. The van der Waals surface area contributed by atoms with Gasteiger partial charge in [-0.15, -0.1) is 0 Å². The minimum atomic E-state index is -0.426. The van der Waals surface area contributed by atoms with E-state index in [1.807, 2.05) is 60.7 Å². The number of hydrogen-bond donors (Lipinski definition) is 0. The third-order valence-corrected chi connectivity index (χ3v) is 3.43. The molecule has 1 aliphatic heterocycles. The van der Waals surface area contributed by atoms with Crippen LogP contribution in [0, 0.1) is 0 Å². The standard InChI is InChI=1S/C18H15NO3/c1-21-16(20)12-15-17(13-8-4-2-5-9-13)19-22-18(15)14-10-6-3-7-11-14/h2-12,18H,1H3/b15-12-. The highest BCUT2D eigenvalue weighted by Gasteiger charge is 2.30. The third-order valence-electron chi connectivity index (χ3n) is 3.43. The molecule has 4 heteroatoms. The van der Waals surface area contributed by atoms with E-state index in [2.05, 4.69) is 5.16 Å². The molecule has 3 rings (SSSR count). The first kappa shape index (κ1) is 14.1. The second-order valence-corrected chi connectivity index (χ2v) is 4.82. The number of methoxy groups -OCH3 is 1. The molecule has 0 saturated heterocycles.